The quantitative estimate of drug-likeness (QED) is 0.695. The summed E-state index contributed by atoms with van der Waals surface area (Å²) >= 11 is 0. The molecule has 0 aliphatic carbocycles. The number of aliphatic carboxylic acids is 1. The molecule has 0 spiro atoms. The van der Waals surface area contributed by atoms with Gasteiger partial charge in [-0.15, -0.1) is 0 Å². The summed E-state index contributed by atoms with van der Waals surface area (Å²) in [4.78, 5) is 23.7. The summed E-state index contributed by atoms with van der Waals surface area (Å²) in [6.45, 7) is 4.80. The summed E-state index contributed by atoms with van der Waals surface area (Å²) in [5.74, 6) is -1.27. The van der Waals surface area contributed by atoms with Crippen LogP contribution in [0.15, 0.2) is 0 Å². The van der Waals surface area contributed by atoms with Crippen LogP contribution in [0.4, 0.5) is 0 Å². The average molecular weight is 217 g/mol. The van der Waals surface area contributed by atoms with E-state index >= 15 is 0 Å². The molecule has 0 aliphatic rings. The Hall–Kier alpha value is -1.10. The number of likely N-dealkylation sites (N-methyl/N-ethyl adjacent to an activating group) is 1. The summed E-state index contributed by atoms with van der Waals surface area (Å²) in [7, 11) is 1.55. The van der Waals surface area contributed by atoms with Gasteiger partial charge in [-0.1, -0.05) is 0 Å². The van der Waals surface area contributed by atoms with E-state index in [0.29, 0.717) is 0 Å². The Bertz CT molecular complexity index is 248. The third-order valence-electron chi connectivity index (χ3n) is 2.14. The predicted molar refractivity (Wildman–Crippen MR) is 55.4 cm³/mol. The van der Waals surface area contributed by atoms with Gasteiger partial charge < -0.3 is 15.1 Å². The van der Waals surface area contributed by atoms with Crippen molar-refractivity contribution in [1.82, 2.24) is 4.90 Å². The number of carboxylic acid groups (broad SMARTS) is 1. The van der Waals surface area contributed by atoms with Gasteiger partial charge in [-0.05, 0) is 20.8 Å². The summed E-state index contributed by atoms with van der Waals surface area (Å²) < 4.78 is 0. The average Bonchev–Trinajstić information content (AvgIpc) is 2.01. The molecule has 0 fully saturated rings. The lowest BCUT2D eigenvalue weighted by Crippen LogP contribution is -2.37. The van der Waals surface area contributed by atoms with Crippen molar-refractivity contribution in [2.75, 3.05) is 13.6 Å². The van der Waals surface area contributed by atoms with Gasteiger partial charge in [0.05, 0.1) is 11.5 Å². The van der Waals surface area contributed by atoms with E-state index in [1.807, 2.05) is 0 Å². The van der Waals surface area contributed by atoms with Crippen molar-refractivity contribution >= 4 is 11.9 Å². The first-order valence-corrected chi connectivity index (χ1v) is 4.82. The number of amides is 1. The van der Waals surface area contributed by atoms with E-state index in [1.165, 1.54) is 18.7 Å². The fraction of sp³-hybridized carbons (Fsp3) is 0.800. The predicted octanol–water partition coefficient (Wildman–Crippen LogP) is 0.326. The van der Waals surface area contributed by atoms with Crippen LogP contribution in [0.2, 0.25) is 0 Å². The minimum Gasteiger partial charge on any atom is -0.481 e. The number of aliphatic hydroxyl groups excluding tert-OH is 1. The number of rotatable bonds is 5. The molecule has 15 heavy (non-hydrogen) atoms. The summed E-state index contributed by atoms with van der Waals surface area (Å²) in [6.07, 6.45) is -0.669. The number of carbonyl (C=O) groups is 2. The van der Waals surface area contributed by atoms with Crippen molar-refractivity contribution in [2.45, 2.75) is 33.3 Å². The molecule has 5 heteroatoms. The van der Waals surface area contributed by atoms with Crippen molar-refractivity contribution in [3.05, 3.63) is 0 Å². The molecule has 5 nitrogen and oxygen atoms in total. The molecule has 0 aromatic heterocycles. The Balaban J connectivity index is 4.30. The molecule has 1 unspecified atom stereocenters. The van der Waals surface area contributed by atoms with E-state index in [0.717, 1.165) is 0 Å². The van der Waals surface area contributed by atoms with E-state index in [2.05, 4.69) is 0 Å². The maximum absolute atomic E-state index is 11.6. The third-order valence-corrected chi connectivity index (χ3v) is 2.14. The van der Waals surface area contributed by atoms with Crippen molar-refractivity contribution in [1.29, 1.82) is 0 Å². The first kappa shape index (κ1) is 13.9. The van der Waals surface area contributed by atoms with Gasteiger partial charge in [-0.2, -0.15) is 0 Å². The Morgan fingerprint density at radius 1 is 1.40 bits per heavy atom. The van der Waals surface area contributed by atoms with Crippen molar-refractivity contribution in [3.8, 4) is 0 Å². The van der Waals surface area contributed by atoms with Crippen LogP contribution in [0.1, 0.15) is 27.2 Å². The number of carbonyl (C=O) groups excluding carboxylic acids is 1. The van der Waals surface area contributed by atoms with E-state index in [9.17, 15) is 9.59 Å². The van der Waals surface area contributed by atoms with Crippen molar-refractivity contribution < 1.29 is 19.8 Å². The number of hydrogen-bond acceptors (Lipinski definition) is 3. The standard InChI is InChI=1S/C10H19NO4/c1-7(12)6-11(4)8(13)5-10(2,3)9(14)15/h7,12H,5-6H2,1-4H3,(H,14,15). The molecular weight excluding hydrogens is 198 g/mol. The van der Waals surface area contributed by atoms with Crippen LogP contribution in [-0.2, 0) is 9.59 Å². The maximum atomic E-state index is 11.6. The molecule has 0 bridgehead atoms. The number of hydrogen-bond donors (Lipinski definition) is 2. The minimum atomic E-state index is -1.07. The Morgan fingerprint density at radius 3 is 2.20 bits per heavy atom. The van der Waals surface area contributed by atoms with E-state index in [1.54, 1.807) is 14.0 Å². The molecule has 0 saturated carbocycles. The zero-order valence-corrected chi connectivity index (χ0v) is 9.65. The monoisotopic (exact) mass is 217 g/mol. The summed E-state index contributed by atoms with van der Waals surface area (Å²) in [6, 6.07) is 0. The highest BCUT2D eigenvalue weighted by Crippen LogP contribution is 2.21. The summed E-state index contributed by atoms with van der Waals surface area (Å²) in [5.41, 5.74) is -1.07. The van der Waals surface area contributed by atoms with Crippen molar-refractivity contribution in [3.63, 3.8) is 0 Å². The highest BCUT2D eigenvalue weighted by molar-refractivity contribution is 5.84. The van der Waals surface area contributed by atoms with Gasteiger partial charge in [0, 0.05) is 20.0 Å². The first-order chi connectivity index (χ1) is 6.66. The van der Waals surface area contributed by atoms with Crippen LogP contribution in [0, 0.1) is 5.41 Å². The maximum Gasteiger partial charge on any atom is 0.309 e. The molecule has 0 aromatic rings. The summed E-state index contributed by atoms with van der Waals surface area (Å²) in [5, 5.41) is 17.9. The van der Waals surface area contributed by atoms with Crippen molar-refractivity contribution in [2.24, 2.45) is 5.41 Å². The lowest BCUT2D eigenvalue weighted by Gasteiger charge is -2.24. The van der Waals surface area contributed by atoms with E-state index in [4.69, 9.17) is 10.2 Å². The molecule has 88 valence electrons. The van der Waals surface area contributed by atoms with Crippen LogP contribution in [0.3, 0.4) is 0 Å². The normalized spacial score (nSPS) is 13.4. The van der Waals surface area contributed by atoms with Gasteiger partial charge >= 0.3 is 5.97 Å². The van der Waals surface area contributed by atoms with Gasteiger partial charge in [0.25, 0.3) is 0 Å². The number of nitrogens with zero attached hydrogens (tertiary/aromatic N) is 1. The SMILES string of the molecule is CC(O)CN(C)C(=O)CC(C)(C)C(=O)O. The van der Waals surface area contributed by atoms with E-state index in [-0.39, 0.29) is 18.9 Å². The van der Waals surface area contributed by atoms with Gasteiger partial charge in [0.1, 0.15) is 0 Å². The minimum absolute atomic E-state index is 0.0639. The van der Waals surface area contributed by atoms with Gasteiger partial charge in [-0.25, -0.2) is 0 Å². The first-order valence-electron chi connectivity index (χ1n) is 4.82. The molecule has 1 atom stereocenters. The largest absolute Gasteiger partial charge is 0.481 e. The zero-order valence-electron chi connectivity index (χ0n) is 9.65. The van der Waals surface area contributed by atoms with Crippen LogP contribution in [0.25, 0.3) is 0 Å². The number of carboxylic acids is 1. The third kappa shape index (κ3) is 4.78. The second-order valence-corrected chi connectivity index (χ2v) is 4.49. The van der Waals surface area contributed by atoms with Gasteiger partial charge in [0.15, 0.2) is 0 Å². The Labute approximate surface area is 89.7 Å². The molecule has 0 rings (SSSR count). The number of aliphatic hydroxyl groups is 1. The topological polar surface area (TPSA) is 77.8 Å². The molecular formula is C10H19NO4. The second kappa shape index (κ2) is 5.11. The fourth-order valence-electron chi connectivity index (χ4n) is 1.09. The smallest absolute Gasteiger partial charge is 0.309 e. The zero-order chi connectivity index (χ0) is 12.2. The highest BCUT2D eigenvalue weighted by Gasteiger charge is 2.31. The Morgan fingerprint density at radius 2 is 1.87 bits per heavy atom. The molecule has 0 aliphatic heterocycles. The molecule has 0 heterocycles. The lowest BCUT2D eigenvalue weighted by molar-refractivity contribution is -0.151. The van der Waals surface area contributed by atoms with Gasteiger partial charge in [0.2, 0.25) is 5.91 Å². The highest BCUT2D eigenvalue weighted by atomic mass is 16.4. The molecule has 0 saturated heterocycles. The van der Waals surface area contributed by atoms with Crippen LogP contribution in [0.5, 0.6) is 0 Å². The molecule has 0 radical (unpaired) electrons. The molecule has 0 aromatic carbocycles. The Kier molecular flexibility index (Phi) is 4.74. The van der Waals surface area contributed by atoms with Crippen LogP contribution < -0.4 is 0 Å². The molecule has 2 N–H and O–H groups in total. The van der Waals surface area contributed by atoms with Crippen LogP contribution >= 0.6 is 0 Å². The van der Waals surface area contributed by atoms with Crippen LogP contribution in [-0.4, -0.2) is 46.7 Å². The van der Waals surface area contributed by atoms with Gasteiger partial charge in [-0.3, -0.25) is 9.59 Å². The van der Waals surface area contributed by atoms with E-state index < -0.39 is 17.5 Å². The fourth-order valence-corrected chi connectivity index (χ4v) is 1.09. The second-order valence-electron chi connectivity index (χ2n) is 4.49. The lowest BCUT2D eigenvalue weighted by atomic mass is 9.89. The molecule has 1 amide bonds.